The number of halogens is 5. The van der Waals surface area contributed by atoms with Gasteiger partial charge < -0.3 is 40.8 Å². The van der Waals surface area contributed by atoms with Gasteiger partial charge in [0.15, 0.2) is 0 Å². The van der Waals surface area contributed by atoms with Gasteiger partial charge in [-0.05, 0) is 105 Å². The highest BCUT2D eigenvalue weighted by atomic mass is 79.9. The van der Waals surface area contributed by atoms with Crippen molar-refractivity contribution in [2.75, 3.05) is 14.1 Å². The van der Waals surface area contributed by atoms with Crippen molar-refractivity contribution in [1.29, 1.82) is 0 Å². The number of rotatable bonds is 16. The van der Waals surface area contributed by atoms with Crippen molar-refractivity contribution in [2.45, 2.75) is 79.7 Å². The van der Waals surface area contributed by atoms with Crippen LogP contribution in [0.25, 0.3) is 11.1 Å². The maximum absolute atomic E-state index is 14.0. The lowest BCUT2D eigenvalue weighted by Crippen LogP contribution is -2.47. The summed E-state index contributed by atoms with van der Waals surface area (Å²) in [6.45, 7) is 7.56. The van der Waals surface area contributed by atoms with E-state index in [9.17, 15) is 28.0 Å². The van der Waals surface area contributed by atoms with E-state index in [1.165, 1.54) is 56.6 Å². The molecule has 4 amide bonds. The molecule has 0 spiro atoms. The molecule has 12 nitrogen and oxygen atoms in total. The molecule has 2 unspecified atom stereocenters. The van der Waals surface area contributed by atoms with Crippen molar-refractivity contribution in [1.82, 2.24) is 21.3 Å². The summed E-state index contributed by atoms with van der Waals surface area (Å²) >= 11 is 15.8. The summed E-state index contributed by atoms with van der Waals surface area (Å²) < 4.78 is 38.7. The lowest BCUT2D eigenvalue weighted by atomic mass is 9.80. The predicted molar refractivity (Wildman–Crippen MR) is 288 cm³/mol. The molecule has 0 aromatic heterocycles. The second-order valence-electron chi connectivity index (χ2n) is 16.0. The first-order valence-electron chi connectivity index (χ1n) is 22.0. The summed E-state index contributed by atoms with van der Waals surface area (Å²) in [5.74, 6) is -1.29. The first-order valence-corrected chi connectivity index (χ1v) is 23.5. The number of benzene rings is 6. The number of hydrogen-bond acceptors (Lipinski definition) is 8. The molecule has 0 aliphatic carbocycles. The molecule has 0 aliphatic heterocycles. The van der Waals surface area contributed by atoms with E-state index >= 15 is 0 Å². The molecule has 2 atom stereocenters. The summed E-state index contributed by atoms with van der Waals surface area (Å²) in [5, 5.41) is 28.4. The van der Waals surface area contributed by atoms with Gasteiger partial charge in [0.05, 0.1) is 22.3 Å². The number of ether oxygens (including phenoxy) is 2. The molecule has 18 heteroatoms. The van der Waals surface area contributed by atoms with Crippen molar-refractivity contribution < 1.29 is 47.5 Å². The fraction of sp³-hybridized carbons (Fsp3) is 0.259. The topological polar surface area (TPSA) is 175 Å². The molecule has 0 aliphatic rings. The molecule has 384 valence electrons. The van der Waals surface area contributed by atoms with Gasteiger partial charge in [0, 0.05) is 53.6 Å². The third-order valence-corrected chi connectivity index (χ3v) is 11.1. The van der Waals surface area contributed by atoms with E-state index in [1.807, 2.05) is 64.1 Å². The van der Waals surface area contributed by atoms with Crippen LogP contribution in [0.1, 0.15) is 74.4 Å². The minimum atomic E-state index is -1.72. The Balaban J connectivity index is 0.000000409. The van der Waals surface area contributed by atoms with Crippen molar-refractivity contribution in [3.8, 4) is 22.6 Å². The number of carbonyl (C=O) groups excluding carboxylic acids is 4. The molecule has 6 aromatic carbocycles. The Labute approximate surface area is 440 Å². The van der Waals surface area contributed by atoms with E-state index in [1.54, 1.807) is 54.6 Å². The molecule has 6 N–H and O–H groups in total. The zero-order chi connectivity index (χ0) is 51.5. The van der Waals surface area contributed by atoms with E-state index in [0.717, 1.165) is 21.2 Å². The summed E-state index contributed by atoms with van der Waals surface area (Å²) in [4.78, 5) is 50.1. The maximum atomic E-state index is 14.0. The van der Waals surface area contributed by atoms with Gasteiger partial charge in [-0.3, -0.25) is 19.2 Å². The third kappa shape index (κ3) is 19.4. The lowest BCUT2D eigenvalue weighted by molar-refractivity contribution is -0.123. The first kappa shape index (κ1) is 61.8. The monoisotopic (exact) mass is 1090 g/mol. The van der Waals surface area contributed by atoms with Gasteiger partial charge >= 0.3 is 7.12 Å². The molecule has 0 saturated heterocycles. The van der Waals surface area contributed by atoms with Crippen LogP contribution >= 0.6 is 39.1 Å². The smallest absolute Gasteiger partial charge is 0.489 e. The largest absolute Gasteiger partial charge is 0.491 e. The highest BCUT2D eigenvalue weighted by Gasteiger charge is 2.24. The number of likely N-dealkylation sites (N-methyl/N-ethyl adjacent to an activating group) is 2. The third-order valence-electron chi connectivity index (χ3n) is 9.97. The molecule has 0 fully saturated rings. The van der Waals surface area contributed by atoms with Crippen molar-refractivity contribution in [3.05, 3.63) is 182 Å². The lowest BCUT2D eigenvalue weighted by Gasteiger charge is -2.18. The Kier molecular flexibility index (Phi) is 26.2. The maximum Gasteiger partial charge on any atom is 0.491 e. The van der Waals surface area contributed by atoms with Crippen molar-refractivity contribution in [3.63, 3.8) is 0 Å². The Hall–Kier alpha value is -6.30. The van der Waals surface area contributed by atoms with Gasteiger partial charge in [0.1, 0.15) is 35.2 Å². The first-order chi connectivity index (χ1) is 33.3. The van der Waals surface area contributed by atoms with Crippen LogP contribution in [0.2, 0.25) is 10.0 Å². The van der Waals surface area contributed by atoms with Gasteiger partial charge in [-0.1, -0.05) is 127 Å². The van der Waals surface area contributed by atoms with E-state index in [2.05, 4.69) is 37.2 Å². The second-order valence-corrected chi connectivity index (χ2v) is 17.7. The van der Waals surface area contributed by atoms with Gasteiger partial charge in [-0.25, -0.2) is 8.78 Å². The van der Waals surface area contributed by atoms with Gasteiger partial charge in [-0.15, -0.1) is 0 Å². The van der Waals surface area contributed by atoms with Crippen LogP contribution in [0.4, 0.5) is 8.78 Å². The zero-order valence-corrected chi connectivity index (χ0v) is 42.3. The average Bonchev–Trinajstić information content (AvgIpc) is 3.33. The highest BCUT2D eigenvalue weighted by Crippen LogP contribution is 2.28. The summed E-state index contributed by atoms with van der Waals surface area (Å²) in [5.41, 5.74) is 3.58. The van der Waals surface area contributed by atoms with E-state index in [0.29, 0.717) is 44.7 Å². The molecule has 0 radical (unpaired) electrons. The van der Waals surface area contributed by atoms with Crippen LogP contribution in [0.15, 0.2) is 138 Å². The van der Waals surface area contributed by atoms with Crippen LogP contribution in [0.5, 0.6) is 11.5 Å². The van der Waals surface area contributed by atoms with Gasteiger partial charge in [0.25, 0.3) is 11.8 Å². The SMILES string of the molecule is C.C.CNC(=O)C(Cc1ccc(-c2ccccc2F)cc1)NC(=O)c1ccc(OC(C)C)c(Cl)c1.CNC(=O)C(Cc1ccc(Br)cc1)NC(=O)c1ccc(OC(C)C)c(Cl)c1.OB(O)c1ccccc1F. The highest BCUT2D eigenvalue weighted by molar-refractivity contribution is 9.10. The second kappa shape index (κ2) is 30.6. The Morgan fingerprint density at radius 2 is 1.00 bits per heavy atom. The standard InChI is InChI=1S/C26H26ClFN2O3.C20H22BrClN2O3.C6H6BFO2.2CH4/c1-16(2)33-24-13-12-19(15-21(24)27)25(31)30-23(26(32)29-3)14-17-8-10-18(11-9-17)20-6-4-5-7-22(20)28;1-12(2)27-18-9-6-14(11-16(18)22)19(25)24-17(20(26)23-3)10-13-4-7-15(21)8-5-13;8-6-4-2-1-3-5(6)7(9)10;;/h4-13,15-16,23H,14H2,1-3H3,(H,29,32)(H,30,31);4-9,11-12,17H,10H2,1-3H3,(H,23,26)(H,24,25);1-4,9-10H;2*1H4. The minimum Gasteiger partial charge on any atom is -0.489 e. The zero-order valence-electron chi connectivity index (χ0n) is 39.2. The molecule has 0 heterocycles. The van der Waals surface area contributed by atoms with Gasteiger partial charge in [0.2, 0.25) is 11.8 Å². The number of amides is 4. The van der Waals surface area contributed by atoms with Crippen LogP contribution in [0.3, 0.4) is 0 Å². The minimum absolute atomic E-state index is 0. The number of carbonyl (C=O) groups is 4. The van der Waals surface area contributed by atoms with Crippen molar-refractivity contribution >= 4 is 75.3 Å². The quantitative estimate of drug-likeness (QED) is 0.0520. The molecule has 0 bridgehead atoms. The average molecular weight is 1090 g/mol. The van der Waals surface area contributed by atoms with Gasteiger partial charge in [-0.2, -0.15) is 0 Å². The molecule has 0 saturated carbocycles. The Morgan fingerprint density at radius 1 is 0.597 bits per heavy atom. The molecule has 72 heavy (non-hydrogen) atoms. The molecule has 6 aromatic rings. The van der Waals surface area contributed by atoms with Crippen LogP contribution in [0, 0.1) is 11.6 Å². The van der Waals surface area contributed by atoms with Crippen LogP contribution in [-0.4, -0.2) is 79.2 Å². The van der Waals surface area contributed by atoms with E-state index in [-0.39, 0.29) is 62.5 Å². The molecular formula is C54H62BBrCl2F2N4O8. The normalized spacial score (nSPS) is 11.1. The number of hydrogen-bond donors (Lipinski definition) is 6. The van der Waals surface area contributed by atoms with Crippen LogP contribution in [-0.2, 0) is 22.4 Å². The van der Waals surface area contributed by atoms with E-state index in [4.69, 9.17) is 42.7 Å². The summed E-state index contributed by atoms with van der Waals surface area (Å²) in [6, 6.07) is 34.9. The Morgan fingerprint density at radius 3 is 1.36 bits per heavy atom. The van der Waals surface area contributed by atoms with Crippen LogP contribution < -0.4 is 36.2 Å². The number of nitrogens with one attached hydrogen (secondary N) is 4. The molecule has 6 rings (SSSR count). The van der Waals surface area contributed by atoms with Crippen molar-refractivity contribution in [2.24, 2.45) is 0 Å². The predicted octanol–water partition coefficient (Wildman–Crippen LogP) is 9.77. The molecular weight excluding hydrogens is 1030 g/mol. The fourth-order valence-electron chi connectivity index (χ4n) is 6.53. The fourth-order valence-corrected chi connectivity index (χ4v) is 7.24. The van der Waals surface area contributed by atoms with E-state index < -0.39 is 30.9 Å². The Bertz CT molecular complexity index is 2700. The summed E-state index contributed by atoms with van der Waals surface area (Å²) in [7, 11) is 1.33. The summed E-state index contributed by atoms with van der Waals surface area (Å²) in [6.07, 6.45) is 0.571.